The fourth-order valence-corrected chi connectivity index (χ4v) is 5.28. The molecule has 0 radical (unpaired) electrons. The van der Waals surface area contributed by atoms with Crippen LogP contribution < -0.4 is 4.74 Å². The zero-order chi connectivity index (χ0) is 33.0. The van der Waals surface area contributed by atoms with Gasteiger partial charge in [0.15, 0.2) is 5.78 Å². The van der Waals surface area contributed by atoms with E-state index in [1.165, 1.54) is 32.4 Å². The maximum Gasteiger partial charge on any atom is 0.306 e. The van der Waals surface area contributed by atoms with Crippen LogP contribution in [0.15, 0.2) is 54.6 Å². The summed E-state index contributed by atoms with van der Waals surface area (Å²) < 4.78 is 12.5. The number of ketones is 1. The number of rotatable bonds is 15. The summed E-state index contributed by atoms with van der Waals surface area (Å²) in [6.07, 6.45) is 7.03. The fraction of sp³-hybridized carbons (Fsp3) is 0.641. The molecule has 0 aliphatic carbocycles. The second-order valence-corrected chi connectivity index (χ2v) is 13.3. The van der Waals surface area contributed by atoms with E-state index in [0.717, 1.165) is 53.4 Å². The molecular weight excluding hydrogens is 546 g/mol. The topological polar surface area (TPSA) is 52.6 Å². The minimum absolute atomic E-state index is 0.0262. The molecule has 1 heterocycles. The van der Waals surface area contributed by atoms with Gasteiger partial charge in [-0.1, -0.05) is 111 Å². The van der Waals surface area contributed by atoms with Gasteiger partial charge >= 0.3 is 5.97 Å². The van der Waals surface area contributed by atoms with Crippen molar-refractivity contribution in [1.29, 1.82) is 0 Å². The Balaban J connectivity index is 0.00000108. The number of hydrogen-bond donors (Lipinski definition) is 0. The Morgan fingerprint density at radius 1 is 0.909 bits per heavy atom. The van der Waals surface area contributed by atoms with Crippen molar-refractivity contribution in [2.45, 2.75) is 106 Å². The monoisotopic (exact) mass is 610 g/mol. The molecule has 1 aliphatic rings. The first-order valence-electron chi connectivity index (χ1n) is 17.3. The molecule has 2 aromatic carbocycles. The molecule has 2 aromatic rings. The lowest BCUT2D eigenvalue weighted by molar-refractivity contribution is -0.899. The maximum atomic E-state index is 13.4. The van der Waals surface area contributed by atoms with E-state index in [4.69, 9.17) is 9.47 Å². The molecule has 1 fully saturated rings. The molecule has 5 heteroatoms. The zero-order valence-electron chi connectivity index (χ0n) is 29.6. The summed E-state index contributed by atoms with van der Waals surface area (Å²) in [6, 6.07) is 17.3. The third-order valence-corrected chi connectivity index (χ3v) is 8.41. The largest absolute Gasteiger partial charge is 0.488 e. The van der Waals surface area contributed by atoms with Crippen molar-refractivity contribution in [3.63, 3.8) is 0 Å². The first-order valence-corrected chi connectivity index (χ1v) is 17.3. The van der Waals surface area contributed by atoms with Crippen LogP contribution in [-0.2, 0) is 9.53 Å². The van der Waals surface area contributed by atoms with Crippen molar-refractivity contribution in [3.05, 3.63) is 65.7 Å². The number of benzene rings is 2. The summed E-state index contributed by atoms with van der Waals surface area (Å²) in [7, 11) is 2.31. The second kappa shape index (κ2) is 21.9. The molecule has 0 bridgehead atoms. The van der Waals surface area contributed by atoms with Gasteiger partial charge in [-0.05, 0) is 42.2 Å². The average molecular weight is 611 g/mol. The average Bonchev–Trinajstić information content (AvgIpc) is 3.36. The number of Topliss-reactive ketones (excluding diaryl/α,β-unsaturated/α-hetero) is 1. The Labute approximate surface area is 270 Å². The van der Waals surface area contributed by atoms with Crippen LogP contribution in [0.25, 0.3) is 0 Å². The normalized spacial score (nSPS) is 18.7. The van der Waals surface area contributed by atoms with Crippen LogP contribution in [-0.4, -0.2) is 56.1 Å². The number of likely N-dealkylation sites (tertiary alicyclic amines) is 1. The summed E-state index contributed by atoms with van der Waals surface area (Å²) >= 11 is 0. The van der Waals surface area contributed by atoms with E-state index in [-0.39, 0.29) is 30.0 Å². The number of ether oxygens (including phenoxy) is 2. The van der Waals surface area contributed by atoms with Crippen LogP contribution in [0.4, 0.5) is 0 Å². The van der Waals surface area contributed by atoms with Crippen molar-refractivity contribution in [3.8, 4) is 5.75 Å². The second-order valence-electron chi connectivity index (χ2n) is 13.3. The lowest BCUT2D eigenvalue weighted by Gasteiger charge is -2.29. The highest BCUT2D eigenvalue weighted by Crippen LogP contribution is 2.31. The van der Waals surface area contributed by atoms with E-state index in [2.05, 4.69) is 55.5 Å². The smallest absolute Gasteiger partial charge is 0.306 e. The molecule has 0 saturated carbocycles. The van der Waals surface area contributed by atoms with Gasteiger partial charge in [-0.25, -0.2) is 0 Å². The highest BCUT2D eigenvalue weighted by molar-refractivity contribution is 5.98. The predicted octanol–water partition coefficient (Wildman–Crippen LogP) is 9.75. The van der Waals surface area contributed by atoms with Gasteiger partial charge in [-0.2, -0.15) is 0 Å². The summed E-state index contributed by atoms with van der Waals surface area (Å²) in [4.78, 5) is 26.0. The Morgan fingerprint density at radius 3 is 2.05 bits per heavy atom. The molecule has 0 aromatic heterocycles. The molecule has 1 saturated heterocycles. The Hall–Kier alpha value is -2.66. The Kier molecular flexibility index (Phi) is 19.6. The van der Waals surface area contributed by atoms with Crippen molar-refractivity contribution < 1.29 is 23.5 Å². The lowest BCUT2D eigenvalue weighted by Crippen LogP contribution is -2.44. The van der Waals surface area contributed by atoms with Crippen molar-refractivity contribution in [2.24, 2.45) is 17.8 Å². The van der Waals surface area contributed by atoms with Crippen molar-refractivity contribution >= 4 is 11.8 Å². The predicted molar refractivity (Wildman–Crippen MR) is 185 cm³/mol. The first-order chi connectivity index (χ1) is 21.0. The molecule has 4 atom stereocenters. The number of esters is 1. The van der Waals surface area contributed by atoms with Gasteiger partial charge in [0.2, 0.25) is 0 Å². The van der Waals surface area contributed by atoms with Gasteiger partial charge in [-0.3, -0.25) is 9.59 Å². The van der Waals surface area contributed by atoms with Gasteiger partial charge < -0.3 is 14.0 Å². The molecule has 1 aliphatic heterocycles. The number of carbonyl (C=O) groups excluding carboxylic acids is 2. The highest BCUT2D eigenvalue weighted by Gasteiger charge is 2.32. The molecule has 4 unspecified atom stereocenters. The van der Waals surface area contributed by atoms with Crippen LogP contribution in [0.1, 0.15) is 122 Å². The van der Waals surface area contributed by atoms with E-state index in [9.17, 15) is 9.59 Å². The third kappa shape index (κ3) is 15.4. The van der Waals surface area contributed by atoms with Gasteiger partial charge in [0.25, 0.3) is 0 Å². The SMILES string of the molecule is CCC.CCC(C)C.CCCCCOC(=O)CC(c1ccccc1)C(C)C(=O)c1ccc(OCC[N+]2(C)CCC(C)C2)cc1. The van der Waals surface area contributed by atoms with Gasteiger partial charge in [0.05, 0.1) is 33.2 Å². The quantitative estimate of drug-likeness (QED) is 0.0872. The van der Waals surface area contributed by atoms with Gasteiger partial charge in [0.1, 0.15) is 18.9 Å². The molecule has 5 nitrogen and oxygen atoms in total. The Bertz CT molecular complexity index is 1040. The number of unbranched alkanes of at least 4 members (excludes halogenated alkanes) is 2. The van der Waals surface area contributed by atoms with E-state index >= 15 is 0 Å². The van der Waals surface area contributed by atoms with E-state index in [0.29, 0.717) is 18.8 Å². The number of nitrogens with zero attached hydrogens (tertiary/aromatic N) is 1. The van der Waals surface area contributed by atoms with E-state index in [1.54, 1.807) is 0 Å². The summed E-state index contributed by atoms with van der Waals surface area (Å²) in [6.45, 7) is 21.8. The minimum Gasteiger partial charge on any atom is -0.488 e. The van der Waals surface area contributed by atoms with Crippen molar-refractivity contribution in [2.75, 3.05) is 39.9 Å². The maximum absolute atomic E-state index is 13.4. The van der Waals surface area contributed by atoms with Crippen LogP contribution >= 0.6 is 0 Å². The molecule has 0 amide bonds. The van der Waals surface area contributed by atoms with Gasteiger partial charge in [0, 0.05) is 29.7 Å². The van der Waals surface area contributed by atoms with E-state index in [1.807, 2.05) is 61.5 Å². The molecular formula is C39H64NO4+. The lowest BCUT2D eigenvalue weighted by atomic mass is 9.80. The summed E-state index contributed by atoms with van der Waals surface area (Å²) in [5.74, 6) is 1.64. The third-order valence-electron chi connectivity index (χ3n) is 8.41. The van der Waals surface area contributed by atoms with Crippen LogP contribution in [0, 0.1) is 17.8 Å². The minimum atomic E-state index is -0.357. The molecule has 44 heavy (non-hydrogen) atoms. The number of carbonyl (C=O) groups is 2. The summed E-state index contributed by atoms with van der Waals surface area (Å²) in [5.41, 5.74) is 1.62. The summed E-state index contributed by atoms with van der Waals surface area (Å²) in [5, 5.41) is 0. The fourth-order valence-electron chi connectivity index (χ4n) is 5.28. The van der Waals surface area contributed by atoms with Crippen LogP contribution in [0.3, 0.4) is 0 Å². The van der Waals surface area contributed by atoms with Crippen molar-refractivity contribution in [1.82, 2.24) is 0 Å². The zero-order valence-corrected chi connectivity index (χ0v) is 29.6. The highest BCUT2D eigenvalue weighted by atomic mass is 16.5. The Morgan fingerprint density at radius 2 is 1.52 bits per heavy atom. The number of likely N-dealkylation sites (N-methyl/N-ethyl adjacent to an activating group) is 1. The molecule has 0 spiro atoms. The molecule has 0 N–H and O–H groups in total. The number of hydrogen-bond acceptors (Lipinski definition) is 4. The standard InChI is InChI=1S/C31H44NO4.C5H12.C3H8/c1-5-6-10-20-36-30(33)22-29(26-11-8-7-9-12-26)25(3)31(34)27-13-15-28(16-14-27)35-21-19-32(4)18-17-24(2)23-32;1-4-5(2)3;1-3-2/h7-9,11-16,24-25,29H,5-6,10,17-23H2,1-4H3;5H,4H2,1-3H3;3H2,1-2H3/q+1;;. The van der Waals surface area contributed by atoms with Crippen LogP contribution in [0.5, 0.6) is 5.75 Å². The first kappa shape index (κ1) is 39.4. The number of quaternary nitrogens is 1. The molecule has 3 rings (SSSR count). The molecule has 248 valence electrons. The van der Waals surface area contributed by atoms with E-state index < -0.39 is 0 Å². The van der Waals surface area contributed by atoms with Crippen LogP contribution in [0.2, 0.25) is 0 Å². The van der Waals surface area contributed by atoms with Gasteiger partial charge in [-0.15, -0.1) is 0 Å².